The summed E-state index contributed by atoms with van der Waals surface area (Å²) in [5.41, 5.74) is 6.13. The third-order valence-electron chi connectivity index (χ3n) is 15.8. The van der Waals surface area contributed by atoms with Gasteiger partial charge in [0.2, 0.25) is 17.8 Å². The van der Waals surface area contributed by atoms with Crippen molar-refractivity contribution in [1.29, 1.82) is 0 Å². The summed E-state index contributed by atoms with van der Waals surface area (Å²) in [5, 5.41) is 14.1. The largest absolute Gasteiger partial charge is 0.494 e. The number of nitrogens with one attached hydrogen (secondary N) is 3. The van der Waals surface area contributed by atoms with Crippen LogP contribution < -0.4 is 35.8 Å². The molecule has 4 amide bonds. The maximum atomic E-state index is 15.7. The monoisotopic (exact) mass is 1100 g/mol. The summed E-state index contributed by atoms with van der Waals surface area (Å²) >= 11 is 3.61. The number of nitrogens with zero attached hydrogens (tertiary/aromatic N) is 10. The van der Waals surface area contributed by atoms with Gasteiger partial charge < -0.3 is 34.6 Å². The third kappa shape index (κ3) is 9.85. The Morgan fingerprint density at radius 3 is 2.23 bits per heavy atom. The second kappa shape index (κ2) is 20.0. The Kier molecular flexibility index (Phi) is 13.4. The van der Waals surface area contributed by atoms with E-state index in [1.54, 1.807) is 43.7 Å². The summed E-state index contributed by atoms with van der Waals surface area (Å²) in [6.07, 6.45) is 15.0. The van der Waals surface area contributed by atoms with E-state index >= 15 is 4.39 Å². The number of fused-ring (bicyclic) bond motifs is 2. The van der Waals surface area contributed by atoms with E-state index in [1.807, 2.05) is 36.5 Å². The van der Waals surface area contributed by atoms with Gasteiger partial charge in [0, 0.05) is 93.9 Å². The molecule has 8 heterocycles. The van der Waals surface area contributed by atoms with Crippen molar-refractivity contribution in [3.8, 4) is 16.9 Å². The van der Waals surface area contributed by atoms with Gasteiger partial charge in [-0.15, -0.1) is 0 Å². The number of carbonyl (C=O) groups excluding carboxylic acids is 4. The highest BCUT2D eigenvalue weighted by atomic mass is 79.9. The molecule has 3 aromatic carbocycles. The number of hydrogen-bond acceptors (Lipinski definition) is 16. The van der Waals surface area contributed by atoms with Gasteiger partial charge >= 0.3 is 0 Å². The lowest BCUT2D eigenvalue weighted by atomic mass is 9.71. The Labute approximate surface area is 441 Å². The smallest absolute Gasteiger partial charge is 0.262 e. The molecule has 0 saturated carbocycles. The number of aryl methyl sites for hydroxylation is 1. The molecule has 19 nitrogen and oxygen atoms in total. The highest BCUT2D eigenvalue weighted by Gasteiger charge is 2.46. The van der Waals surface area contributed by atoms with Crippen molar-refractivity contribution in [3.63, 3.8) is 0 Å². The highest BCUT2D eigenvalue weighted by molar-refractivity contribution is 9.10. The van der Waals surface area contributed by atoms with Crippen molar-refractivity contribution in [3.05, 3.63) is 88.8 Å². The van der Waals surface area contributed by atoms with Gasteiger partial charge in [0.25, 0.3) is 11.8 Å². The second-order valence-corrected chi connectivity index (χ2v) is 24.9. The van der Waals surface area contributed by atoms with E-state index in [0.29, 0.717) is 74.4 Å². The number of carbonyl (C=O) groups is 4. The van der Waals surface area contributed by atoms with Gasteiger partial charge in [-0.05, 0) is 129 Å². The molecule has 5 aliphatic heterocycles. The van der Waals surface area contributed by atoms with Gasteiger partial charge in [-0.1, -0.05) is 0 Å². The van der Waals surface area contributed by atoms with Gasteiger partial charge in [-0.25, -0.2) is 9.37 Å². The number of benzene rings is 3. The Morgan fingerprint density at radius 2 is 1.53 bits per heavy atom. The number of amides is 4. The van der Waals surface area contributed by atoms with E-state index in [4.69, 9.17) is 9.72 Å². The van der Waals surface area contributed by atoms with E-state index in [1.165, 1.54) is 6.07 Å². The van der Waals surface area contributed by atoms with Crippen LogP contribution in [0.5, 0.6) is 5.75 Å². The van der Waals surface area contributed by atoms with Crippen molar-refractivity contribution in [2.24, 2.45) is 18.4 Å². The summed E-state index contributed by atoms with van der Waals surface area (Å²) in [6.45, 7) is 9.51. The number of methoxy groups -OCH3 is 1. The van der Waals surface area contributed by atoms with Crippen LogP contribution in [-0.2, 0) is 21.2 Å². The van der Waals surface area contributed by atoms with Gasteiger partial charge in [0.15, 0.2) is 0 Å². The maximum absolute atomic E-state index is 15.7. The van der Waals surface area contributed by atoms with E-state index in [9.17, 15) is 23.7 Å². The molecule has 75 heavy (non-hydrogen) atoms. The average molecular weight is 1100 g/mol. The molecule has 5 aliphatic rings. The molecule has 0 radical (unpaired) electrons. The predicted octanol–water partition coefficient (Wildman–Crippen LogP) is 7.47. The van der Waals surface area contributed by atoms with Gasteiger partial charge in [0.05, 0.1) is 56.8 Å². The van der Waals surface area contributed by atoms with Crippen LogP contribution in [0.1, 0.15) is 72.1 Å². The number of aromatic nitrogens is 6. The summed E-state index contributed by atoms with van der Waals surface area (Å²) in [6, 6.07) is 9.34. The number of piperidine rings is 4. The zero-order chi connectivity index (χ0) is 52.3. The van der Waals surface area contributed by atoms with Crippen molar-refractivity contribution in [2.75, 3.05) is 86.7 Å². The number of imide groups is 2. The van der Waals surface area contributed by atoms with Crippen LogP contribution in [0.15, 0.2) is 71.9 Å². The molecule has 0 aliphatic carbocycles. The quantitative estimate of drug-likeness (QED) is 0.0801. The number of likely N-dealkylation sites (tertiary alicyclic amines) is 1. The number of halogens is 2. The molecule has 1 spiro atoms. The number of rotatable bonds is 12. The normalized spacial score (nSPS) is 19.5. The molecule has 11 rings (SSSR count). The van der Waals surface area contributed by atoms with Crippen LogP contribution in [0.25, 0.3) is 22.2 Å². The number of ether oxygens (including phenoxy) is 1. The van der Waals surface area contributed by atoms with E-state index in [-0.39, 0.29) is 29.4 Å². The number of hydrogen-bond donors (Lipinski definition) is 3. The first-order valence-electron chi connectivity index (χ1n) is 25.4. The Hall–Kier alpha value is -6.83. The van der Waals surface area contributed by atoms with Crippen LogP contribution in [0.2, 0.25) is 0 Å². The minimum atomic E-state index is -2.82. The van der Waals surface area contributed by atoms with Crippen LogP contribution in [0.3, 0.4) is 0 Å². The molecule has 3 aromatic heterocycles. The summed E-state index contributed by atoms with van der Waals surface area (Å²) in [5.74, 6) is -1.18. The summed E-state index contributed by atoms with van der Waals surface area (Å²) in [4.78, 5) is 77.3. The predicted molar refractivity (Wildman–Crippen MR) is 288 cm³/mol. The molecule has 4 saturated heterocycles. The molecule has 1 unspecified atom stereocenters. The molecular weight excluding hydrogens is 1040 g/mol. The first-order valence-corrected chi connectivity index (χ1v) is 28.8. The maximum Gasteiger partial charge on any atom is 0.262 e. The molecule has 4 fully saturated rings. The van der Waals surface area contributed by atoms with E-state index in [2.05, 4.69) is 73.9 Å². The zero-order valence-electron chi connectivity index (χ0n) is 42.2. The SMILES string of the molecule is COc1cc(N2CCC3(CCN(CC4CCN(c5cc6c(cc5F)C(=O)N(C5CCC(=O)NC5=O)C6=O)CC4)CC3)CC2)c(-c2cnn(C)c2)cc1Nc1ncc(Br)c(Nc2ccc3nccnc3c2P(C)(C)=O)n1. The van der Waals surface area contributed by atoms with Crippen molar-refractivity contribution in [2.45, 2.75) is 57.4 Å². The van der Waals surface area contributed by atoms with Crippen molar-refractivity contribution < 1.29 is 32.9 Å². The topological polar surface area (TPSA) is 213 Å². The molecule has 1 atom stereocenters. The fourth-order valence-corrected chi connectivity index (χ4v) is 13.4. The lowest BCUT2D eigenvalue weighted by molar-refractivity contribution is -0.136. The minimum absolute atomic E-state index is 0.0174. The Morgan fingerprint density at radius 1 is 0.827 bits per heavy atom. The zero-order valence-corrected chi connectivity index (χ0v) is 44.7. The molecule has 3 N–H and O–H groups in total. The van der Waals surface area contributed by atoms with Crippen molar-refractivity contribution >= 4 is 97.6 Å². The lowest BCUT2D eigenvalue weighted by Crippen LogP contribution is -2.54. The highest BCUT2D eigenvalue weighted by Crippen LogP contribution is 2.47. The van der Waals surface area contributed by atoms with Crippen LogP contribution in [-0.4, -0.2) is 135 Å². The van der Waals surface area contributed by atoms with Gasteiger partial charge in [0.1, 0.15) is 36.1 Å². The minimum Gasteiger partial charge on any atom is -0.494 e. The van der Waals surface area contributed by atoms with E-state index in [0.717, 1.165) is 99.0 Å². The standard InChI is InChI=1S/C53H58BrFN13O6P/c1-64-30-32(27-59-64)33-24-40(61-52-58-28-36(54)48(63-52)60-39-6-5-38-46(57-16-15-56-38)47(39)75(3,4)73)44(74-2)26-42(33)67-21-13-53(14-22-67)11-19-65(20-12-53)29-31-9-17-66(18-10-31)43-25-35-34(23-37(43)55)50(71)68(51(35)72)41-7-8-45(69)62-49(41)70/h5-6,15-16,23-28,30-31,41H,7-14,17-22,29H2,1-4H3,(H,62,69,70)(H2,58,60,61,63). The average Bonchev–Trinajstić information content (AvgIpc) is 3.94. The number of anilines is 6. The summed E-state index contributed by atoms with van der Waals surface area (Å²) in [7, 11) is 0.747. The molecule has 390 valence electrons. The van der Waals surface area contributed by atoms with Crippen LogP contribution in [0, 0.1) is 17.2 Å². The summed E-state index contributed by atoms with van der Waals surface area (Å²) < 4.78 is 37.8. The van der Waals surface area contributed by atoms with Gasteiger partial charge in [-0.2, -0.15) is 10.1 Å². The third-order valence-corrected chi connectivity index (χ3v) is 17.9. The Balaban J connectivity index is 0.723. The molecular formula is C53H58BrFN13O6P. The first-order chi connectivity index (χ1) is 36.0. The first kappa shape index (κ1) is 50.3. The molecule has 22 heteroatoms. The second-order valence-electron chi connectivity index (χ2n) is 20.9. The van der Waals surface area contributed by atoms with Crippen molar-refractivity contribution in [1.82, 2.24) is 44.8 Å². The fourth-order valence-electron chi connectivity index (χ4n) is 11.7. The molecule has 6 aromatic rings. The molecule has 0 bridgehead atoms. The lowest BCUT2D eigenvalue weighted by Gasteiger charge is -2.48. The Bertz CT molecular complexity index is 3330. The van der Waals surface area contributed by atoms with Gasteiger partial charge in [-0.3, -0.25) is 44.0 Å². The van der Waals surface area contributed by atoms with Crippen LogP contribution >= 0.6 is 23.1 Å². The fraction of sp³-hybridized carbons (Fsp3) is 0.415. The van der Waals surface area contributed by atoms with Crippen LogP contribution in [0.4, 0.5) is 38.9 Å². The van der Waals surface area contributed by atoms with E-state index < -0.39 is 42.6 Å².